The van der Waals surface area contributed by atoms with E-state index in [0.717, 1.165) is 16.3 Å². The molecule has 0 saturated carbocycles. The topological polar surface area (TPSA) is 75.7 Å². The molecule has 4 rings (SSSR count). The summed E-state index contributed by atoms with van der Waals surface area (Å²) in [7, 11) is 0. The van der Waals surface area contributed by atoms with Crippen LogP contribution >= 0.6 is 0 Å². The summed E-state index contributed by atoms with van der Waals surface area (Å²) in [6.45, 7) is 1.42. The molecular weight excluding hydrogens is 380 g/mol. The van der Waals surface area contributed by atoms with Crippen LogP contribution in [0.1, 0.15) is 18.9 Å². The largest absolute Gasteiger partial charge is 0.455 e. The summed E-state index contributed by atoms with van der Waals surface area (Å²) < 4.78 is 5.31. The summed E-state index contributed by atoms with van der Waals surface area (Å²) in [6, 6.07) is 20.4. The zero-order valence-electron chi connectivity index (χ0n) is 16.6. The van der Waals surface area contributed by atoms with Gasteiger partial charge in [0, 0.05) is 12.5 Å². The highest BCUT2D eigenvalue weighted by Gasteiger charge is 2.30. The van der Waals surface area contributed by atoms with Crippen LogP contribution in [0.2, 0.25) is 0 Å². The van der Waals surface area contributed by atoms with Crippen molar-refractivity contribution < 1.29 is 19.1 Å². The number of fused-ring (bicyclic) bond motifs is 2. The van der Waals surface area contributed by atoms with Crippen LogP contribution in [0, 0.1) is 0 Å². The molecule has 30 heavy (non-hydrogen) atoms. The minimum Gasteiger partial charge on any atom is -0.455 e. The quantitative estimate of drug-likeness (QED) is 0.676. The monoisotopic (exact) mass is 402 g/mol. The number of anilines is 2. The van der Waals surface area contributed by atoms with Crippen molar-refractivity contribution in [2.45, 2.75) is 25.8 Å². The lowest BCUT2D eigenvalue weighted by Crippen LogP contribution is -2.41. The number of hydrogen-bond donors (Lipinski definition) is 1. The Labute approximate surface area is 174 Å². The van der Waals surface area contributed by atoms with E-state index < -0.39 is 5.97 Å². The Morgan fingerprint density at radius 1 is 1.03 bits per heavy atom. The van der Waals surface area contributed by atoms with Crippen molar-refractivity contribution in [2.24, 2.45) is 0 Å². The van der Waals surface area contributed by atoms with Gasteiger partial charge in [0.2, 0.25) is 5.91 Å². The van der Waals surface area contributed by atoms with Crippen LogP contribution in [0.4, 0.5) is 11.4 Å². The summed E-state index contributed by atoms with van der Waals surface area (Å²) in [5.74, 6) is -0.986. The summed E-state index contributed by atoms with van der Waals surface area (Å²) in [4.78, 5) is 38.9. The van der Waals surface area contributed by atoms with Gasteiger partial charge in [0.1, 0.15) is 0 Å². The molecule has 1 aliphatic heterocycles. The number of ether oxygens (including phenoxy) is 1. The van der Waals surface area contributed by atoms with E-state index in [-0.39, 0.29) is 37.3 Å². The number of nitrogens with one attached hydrogen (secondary N) is 1. The molecule has 1 N–H and O–H groups in total. The number of benzene rings is 3. The van der Waals surface area contributed by atoms with E-state index in [2.05, 4.69) is 5.32 Å². The maximum absolute atomic E-state index is 12.9. The Hall–Kier alpha value is -3.67. The molecule has 0 spiro atoms. The lowest BCUT2D eigenvalue weighted by atomic mass is 10.0. The van der Waals surface area contributed by atoms with Crippen LogP contribution in [0.15, 0.2) is 66.7 Å². The van der Waals surface area contributed by atoms with Crippen LogP contribution in [0.3, 0.4) is 0 Å². The number of esters is 1. The van der Waals surface area contributed by atoms with Crippen LogP contribution in [-0.4, -0.2) is 30.4 Å². The standard InChI is InChI=1S/C24H22N2O4/c1-16-13-22(27)25-20-11-4-5-12-21(20)26(16)23(28)15-30-24(29)14-18-9-6-8-17-7-2-3-10-19(17)18/h2-12,16H,13-15H2,1H3,(H,25,27)/t16-/m0/s1. The number of rotatable bonds is 4. The fraction of sp³-hybridized carbons (Fsp3) is 0.208. The molecule has 6 heteroatoms. The number of nitrogens with zero attached hydrogens (tertiary/aromatic N) is 1. The van der Waals surface area contributed by atoms with Crippen LogP contribution in [0.25, 0.3) is 10.8 Å². The van der Waals surface area contributed by atoms with Gasteiger partial charge in [0.15, 0.2) is 6.61 Å². The molecule has 0 fully saturated rings. The molecule has 3 aromatic carbocycles. The van der Waals surface area contributed by atoms with Crippen LogP contribution in [-0.2, 0) is 25.5 Å². The summed E-state index contributed by atoms with van der Waals surface area (Å²) in [5, 5.41) is 4.85. The number of carbonyl (C=O) groups is 3. The molecule has 0 unspecified atom stereocenters. The maximum Gasteiger partial charge on any atom is 0.310 e. The second-order valence-electron chi connectivity index (χ2n) is 7.36. The third-order valence-electron chi connectivity index (χ3n) is 5.20. The minimum atomic E-state index is -0.468. The van der Waals surface area contributed by atoms with Crippen molar-refractivity contribution in [1.82, 2.24) is 0 Å². The van der Waals surface area contributed by atoms with Crippen molar-refractivity contribution in [3.05, 3.63) is 72.3 Å². The first-order chi connectivity index (χ1) is 14.5. The predicted molar refractivity (Wildman–Crippen MR) is 115 cm³/mol. The zero-order chi connectivity index (χ0) is 21.1. The Balaban J connectivity index is 1.46. The van der Waals surface area contributed by atoms with E-state index in [9.17, 15) is 14.4 Å². The zero-order valence-corrected chi connectivity index (χ0v) is 16.6. The van der Waals surface area contributed by atoms with E-state index in [1.54, 1.807) is 31.2 Å². The van der Waals surface area contributed by atoms with Gasteiger partial charge in [-0.1, -0.05) is 54.6 Å². The Morgan fingerprint density at radius 3 is 2.63 bits per heavy atom. The first kappa shape index (κ1) is 19.6. The molecule has 0 bridgehead atoms. The fourth-order valence-electron chi connectivity index (χ4n) is 3.83. The molecule has 0 saturated heterocycles. The second kappa shape index (κ2) is 8.37. The minimum absolute atomic E-state index is 0.0841. The molecule has 152 valence electrons. The first-order valence-electron chi connectivity index (χ1n) is 9.86. The molecule has 1 heterocycles. The van der Waals surface area contributed by atoms with Gasteiger partial charge in [-0.3, -0.25) is 14.4 Å². The molecular formula is C24H22N2O4. The average Bonchev–Trinajstić information content (AvgIpc) is 2.86. The first-order valence-corrected chi connectivity index (χ1v) is 9.86. The van der Waals surface area contributed by atoms with Crippen LogP contribution < -0.4 is 10.2 Å². The predicted octanol–water partition coefficient (Wildman–Crippen LogP) is 3.69. The molecule has 0 radical (unpaired) electrons. The summed E-state index contributed by atoms with van der Waals surface area (Å²) >= 11 is 0. The number of amides is 2. The van der Waals surface area contributed by atoms with E-state index in [0.29, 0.717) is 11.4 Å². The normalized spacial score (nSPS) is 15.8. The molecule has 0 aliphatic carbocycles. The van der Waals surface area contributed by atoms with Crippen molar-refractivity contribution in [1.29, 1.82) is 0 Å². The Bertz CT molecular complexity index is 1120. The lowest BCUT2D eigenvalue weighted by Gasteiger charge is -2.27. The summed E-state index contributed by atoms with van der Waals surface area (Å²) in [5.41, 5.74) is 2.03. The second-order valence-corrected chi connectivity index (χ2v) is 7.36. The van der Waals surface area contributed by atoms with Gasteiger partial charge in [-0.2, -0.15) is 0 Å². The Morgan fingerprint density at radius 2 is 1.77 bits per heavy atom. The maximum atomic E-state index is 12.9. The SMILES string of the molecule is C[C@H]1CC(=O)Nc2ccccc2N1C(=O)COC(=O)Cc1cccc2ccccc12. The molecule has 3 aromatic rings. The van der Waals surface area contributed by atoms with E-state index in [4.69, 9.17) is 4.74 Å². The van der Waals surface area contributed by atoms with E-state index in [1.807, 2.05) is 42.5 Å². The van der Waals surface area contributed by atoms with Gasteiger partial charge in [-0.25, -0.2) is 0 Å². The van der Waals surface area contributed by atoms with E-state index in [1.165, 1.54) is 4.90 Å². The average molecular weight is 402 g/mol. The van der Waals surface area contributed by atoms with Gasteiger partial charge in [-0.15, -0.1) is 0 Å². The molecule has 2 amide bonds. The van der Waals surface area contributed by atoms with Crippen molar-refractivity contribution in [3.8, 4) is 0 Å². The van der Waals surface area contributed by atoms with Gasteiger partial charge >= 0.3 is 5.97 Å². The van der Waals surface area contributed by atoms with Gasteiger partial charge in [0.25, 0.3) is 5.91 Å². The molecule has 1 aliphatic rings. The fourth-order valence-corrected chi connectivity index (χ4v) is 3.83. The smallest absolute Gasteiger partial charge is 0.310 e. The van der Waals surface area contributed by atoms with Crippen LogP contribution in [0.5, 0.6) is 0 Å². The lowest BCUT2D eigenvalue weighted by molar-refractivity contribution is -0.147. The highest BCUT2D eigenvalue weighted by atomic mass is 16.5. The number of para-hydroxylation sites is 2. The van der Waals surface area contributed by atoms with Gasteiger partial charge < -0.3 is 15.0 Å². The Kier molecular flexibility index (Phi) is 5.48. The number of carbonyl (C=O) groups excluding carboxylic acids is 3. The summed E-state index contributed by atoms with van der Waals surface area (Å²) in [6.07, 6.45) is 0.255. The van der Waals surface area contributed by atoms with Gasteiger partial charge in [0.05, 0.1) is 17.8 Å². The van der Waals surface area contributed by atoms with Crippen molar-refractivity contribution in [2.75, 3.05) is 16.8 Å². The highest BCUT2D eigenvalue weighted by Crippen LogP contribution is 2.31. The van der Waals surface area contributed by atoms with Gasteiger partial charge in [-0.05, 0) is 35.4 Å². The van der Waals surface area contributed by atoms with Crippen molar-refractivity contribution >= 4 is 39.9 Å². The molecule has 0 aromatic heterocycles. The number of hydrogen-bond acceptors (Lipinski definition) is 4. The molecule has 6 nitrogen and oxygen atoms in total. The van der Waals surface area contributed by atoms with Crippen molar-refractivity contribution in [3.63, 3.8) is 0 Å². The highest BCUT2D eigenvalue weighted by molar-refractivity contribution is 6.05. The molecule has 1 atom stereocenters. The van der Waals surface area contributed by atoms with E-state index >= 15 is 0 Å². The third-order valence-corrected chi connectivity index (χ3v) is 5.20. The third kappa shape index (κ3) is 4.03.